The number of hydrogen-bond donors (Lipinski definition) is 1. The molecule has 0 aromatic heterocycles. The molecule has 4 heteroatoms. The van der Waals surface area contributed by atoms with E-state index >= 15 is 0 Å². The summed E-state index contributed by atoms with van der Waals surface area (Å²) >= 11 is 0. The fourth-order valence-corrected chi connectivity index (χ4v) is 2.28. The van der Waals surface area contributed by atoms with Crippen LogP contribution in [0, 0.1) is 11.8 Å². The number of esters is 1. The first-order chi connectivity index (χ1) is 7.60. The molecule has 0 aliphatic heterocycles. The van der Waals surface area contributed by atoms with Crippen LogP contribution in [-0.2, 0) is 14.3 Å². The van der Waals surface area contributed by atoms with Gasteiger partial charge in [-0.25, -0.2) is 0 Å². The van der Waals surface area contributed by atoms with Crippen molar-refractivity contribution >= 4 is 5.97 Å². The lowest BCUT2D eigenvalue weighted by Crippen LogP contribution is -2.48. The Bertz CT molecular complexity index is 237. The highest BCUT2D eigenvalue weighted by molar-refractivity contribution is 5.74. The van der Waals surface area contributed by atoms with Crippen molar-refractivity contribution in [2.24, 2.45) is 11.8 Å². The predicted octanol–water partition coefficient (Wildman–Crippen LogP) is 1.36. The summed E-state index contributed by atoms with van der Waals surface area (Å²) < 4.78 is 10.1. The van der Waals surface area contributed by atoms with Gasteiger partial charge in [0.15, 0.2) is 0 Å². The van der Waals surface area contributed by atoms with Gasteiger partial charge in [0.2, 0.25) is 0 Å². The highest BCUT2D eigenvalue weighted by Crippen LogP contribution is 2.45. The van der Waals surface area contributed by atoms with E-state index in [1.807, 2.05) is 6.92 Å². The first kappa shape index (κ1) is 13.5. The van der Waals surface area contributed by atoms with Gasteiger partial charge in [-0.15, -0.1) is 0 Å². The SMILES string of the molecule is CCOC(=O)C(CC)C(O)(COC)C1CC1. The molecule has 1 N–H and O–H groups in total. The number of hydrogen-bond acceptors (Lipinski definition) is 4. The van der Waals surface area contributed by atoms with Gasteiger partial charge in [0.25, 0.3) is 0 Å². The van der Waals surface area contributed by atoms with Crippen LogP contribution in [0.25, 0.3) is 0 Å². The predicted molar refractivity (Wildman–Crippen MR) is 60.0 cm³/mol. The molecule has 16 heavy (non-hydrogen) atoms. The molecule has 94 valence electrons. The molecule has 0 bridgehead atoms. The van der Waals surface area contributed by atoms with E-state index in [-0.39, 0.29) is 18.5 Å². The number of rotatable bonds is 7. The standard InChI is InChI=1S/C12H22O4/c1-4-10(11(13)16-5-2)12(14,8-15-3)9-6-7-9/h9-10,14H,4-8H2,1-3H3. The van der Waals surface area contributed by atoms with Gasteiger partial charge in [-0.2, -0.15) is 0 Å². The van der Waals surface area contributed by atoms with Gasteiger partial charge in [0, 0.05) is 7.11 Å². The normalized spacial score (nSPS) is 21.2. The van der Waals surface area contributed by atoms with Crippen LogP contribution in [0.3, 0.4) is 0 Å². The van der Waals surface area contributed by atoms with Crippen LogP contribution in [-0.4, -0.2) is 37.0 Å². The van der Waals surface area contributed by atoms with Crippen molar-refractivity contribution in [3.05, 3.63) is 0 Å². The van der Waals surface area contributed by atoms with Crippen molar-refractivity contribution in [3.63, 3.8) is 0 Å². The summed E-state index contributed by atoms with van der Waals surface area (Å²) in [7, 11) is 1.55. The Kier molecular flexibility index (Phi) is 4.74. The average molecular weight is 230 g/mol. The minimum Gasteiger partial charge on any atom is -0.466 e. The second kappa shape index (κ2) is 5.64. The molecule has 4 nitrogen and oxygen atoms in total. The molecular formula is C12H22O4. The summed E-state index contributed by atoms with van der Waals surface area (Å²) in [4.78, 5) is 11.8. The number of aliphatic hydroxyl groups is 1. The second-order valence-electron chi connectivity index (χ2n) is 4.41. The summed E-state index contributed by atoms with van der Waals surface area (Å²) in [6.45, 7) is 4.22. The molecule has 1 aliphatic rings. The Morgan fingerprint density at radius 2 is 2.12 bits per heavy atom. The van der Waals surface area contributed by atoms with Crippen molar-refractivity contribution in [3.8, 4) is 0 Å². The number of ether oxygens (including phenoxy) is 2. The second-order valence-corrected chi connectivity index (χ2v) is 4.41. The molecule has 0 heterocycles. The van der Waals surface area contributed by atoms with Crippen LogP contribution < -0.4 is 0 Å². The van der Waals surface area contributed by atoms with E-state index in [0.717, 1.165) is 12.8 Å². The van der Waals surface area contributed by atoms with Crippen LogP contribution in [0.5, 0.6) is 0 Å². The third kappa shape index (κ3) is 2.74. The first-order valence-corrected chi connectivity index (χ1v) is 5.98. The van der Waals surface area contributed by atoms with Crippen LogP contribution in [0.15, 0.2) is 0 Å². The van der Waals surface area contributed by atoms with E-state index in [2.05, 4.69) is 0 Å². The maximum Gasteiger partial charge on any atom is 0.311 e. The van der Waals surface area contributed by atoms with Gasteiger partial charge in [-0.3, -0.25) is 4.79 Å². The van der Waals surface area contributed by atoms with Crippen LogP contribution in [0.2, 0.25) is 0 Å². The van der Waals surface area contributed by atoms with E-state index in [0.29, 0.717) is 13.0 Å². The molecule has 1 saturated carbocycles. The maximum absolute atomic E-state index is 11.8. The molecule has 0 saturated heterocycles. The van der Waals surface area contributed by atoms with Crippen molar-refractivity contribution in [2.45, 2.75) is 38.7 Å². The molecule has 1 rings (SSSR count). The van der Waals surface area contributed by atoms with Crippen LogP contribution in [0.1, 0.15) is 33.1 Å². The largest absolute Gasteiger partial charge is 0.466 e. The highest BCUT2D eigenvalue weighted by atomic mass is 16.5. The molecular weight excluding hydrogens is 208 g/mol. The Labute approximate surface area is 96.9 Å². The van der Waals surface area contributed by atoms with Crippen molar-refractivity contribution in [1.82, 2.24) is 0 Å². The van der Waals surface area contributed by atoms with Crippen molar-refractivity contribution in [1.29, 1.82) is 0 Å². The monoisotopic (exact) mass is 230 g/mol. The minimum atomic E-state index is -1.05. The number of methoxy groups -OCH3 is 1. The van der Waals surface area contributed by atoms with Gasteiger partial charge in [0.05, 0.1) is 19.1 Å². The smallest absolute Gasteiger partial charge is 0.311 e. The Morgan fingerprint density at radius 3 is 2.50 bits per heavy atom. The lowest BCUT2D eigenvalue weighted by atomic mass is 9.82. The fraction of sp³-hybridized carbons (Fsp3) is 0.917. The van der Waals surface area contributed by atoms with Gasteiger partial charge in [-0.1, -0.05) is 6.92 Å². The average Bonchev–Trinajstić information content (AvgIpc) is 3.02. The summed E-state index contributed by atoms with van der Waals surface area (Å²) in [6, 6.07) is 0. The quantitative estimate of drug-likeness (QED) is 0.671. The van der Waals surface area contributed by atoms with E-state index in [9.17, 15) is 9.90 Å². The Balaban J connectivity index is 2.76. The molecule has 2 atom stereocenters. The molecule has 0 amide bonds. The number of carbonyl (C=O) groups is 1. The zero-order valence-corrected chi connectivity index (χ0v) is 10.4. The van der Waals surface area contributed by atoms with E-state index in [1.165, 1.54) is 0 Å². The fourth-order valence-electron chi connectivity index (χ4n) is 2.28. The van der Waals surface area contributed by atoms with Crippen LogP contribution in [0.4, 0.5) is 0 Å². The van der Waals surface area contributed by atoms with Crippen molar-refractivity contribution < 1.29 is 19.4 Å². The van der Waals surface area contributed by atoms with E-state index in [1.54, 1.807) is 14.0 Å². The molecule has 1 aliphatic carbocycles. The van der Waals surface area contributed by atoms with Gasteiger partial charge in [-0.05, 0) is 32.1 Å². The zero-order chi connectivity index (χ0) is 12.2. The Hall–Kier alpha value is -0.610. The maximum atomic E-state index is 11.8. The molecule has 0 aromatic rings. The van der Waals surface area contributed by atoms with Gasteiger partial charge < -0.3 is 14.6 Å². The van der Waals surface area contributed by atoms with Crippen LogP contribution >= 0.6 is 0 Å². The zero-order valence-electron chi connectivity index (χ0n) is 10.4. The lowest BCUT2D eigenvalue weighted by molar-refractivity contribution is -0.166. The van der Waals surface area contributed by atoms with E-state index < -0.39 is 11.5 Å². The molecule has 0 aromatic carbocycles. The van der Waals surface area contributed by atoms with Gasteiger partial charge in [0.1, 0.15) is 5.60 Å². The highest BCUT2D eigenvalue weighted by Gasteiger charge is 2.51. The van der Waals surface area contributed by atoms with Gasteiger partial charge >= 0.3 is 5.97 Å². The molecule has 0 radical (unpaired) electrons. The van der Waals surface area contributed by atoms with E-state index in [4.69, 9.17) is 9.47 Å². The molecule has 1 fully saturated rings. The molecule has 2 unspecified atom stereocenters. The minimum absolute atomic E-state index is 0.182. The summed E-state index contributed by atoms with van der Waals surface area (Å²) in [5.74, 6) is -0.599. The molecule has 0 spiro atoms. The summed E-state index contributed by atoms with van der Waals surface area (Å²) in [5.41, 5.74) is -1.05. The topological polar surface area (TPSA) is 55.8 Å². The first-order valence-electron chi connectivity index (χ1n) is 5.98. The number of carbonyl (C=O) groups excluding carboxylic acids is 1. The third-order valence-corrected chi connectivity index (χ3v) is 3.24. The lowest BCUT2D eigenvalue weighted by Gasteiger charge is -2.33. The summed E-state index contributed by atoms with van der Waals surface area (Å²) in [6.07, 6.45) is 2.51. The van der Waals surface area contributed by atoms with Crippen molar-refractivity contribution in [2.75, 3.05) is 20.3 Å². The third-order valence-electron chi connectivity index (χ3n) is 3.24. The Morgan fingerprint density at radius 1 is 1.50 bits per heavy atom. The summed E-state index contributed by atoms with van der Waals surface area (Å²) in [5, 5.41) is 10.6.